The van der Waals surface area contributed by atoms with Gasteiger partial charge in [0.05, 0.1) is 0 Å². The van der Waals surface area contributed by atoms with Crippen LogP contribution in [0.25, 0.3) is 0 Å². The molecule has 0 heterocycles. The monoisotopic (exact) mass is 321 g/mol. The van der Waals surface area contributed by atoms with Gasteiger partial charge in [0.2, 0.25) is 0 Å². The summed E-state index contributed by atoms with van der Waals surface area (Å²) in [6, 6.07) is 3.18. The summed E-state index contributed by atoms with van der Waals surface area (Å²) in [6.07, 6.45) is 0.765. The molecule has 0 aliphatic rings. The van der Waals surface area contributed by atoms with Crippen LogP contribution in [0.15, 0.2) is 23.1 Å². The van der Waals surface area contributed by atoms with E-state index < -0.39 is 19.8 Å². The summed E-state index contributed by atoms with van der Waals surface area (Å²) >= 11 is 0. The van der Waals surface area contributed by atoms with Crippen molar-refractivity contribution in [2.24, 2.45) is 0 Å². The summed E-state index contributed by atoms with van der Waals surface area (Å²) in [5.41, 5.74) is 0.104. The minimum Gasteiger partial charge on any atom is -0.336 e. The van der Waals surface area contributed by atoms with Crippen LogP contribution in [0.4, 0.5) is 4.39 Å². The first-order valence-electron chi connectivity index (χ1n) is 6.27. The Bertz CT molecular complexity index is 604. The first-order valence-corrected chi connectivity index (χ1v) is 8.58. The van der Waals surface area contributed by atoms with Crippen molar-refractivity contribution in [3.63, 3.8) is 0 Å². The maximum atomic E-state index is 13.4. The molecule has 1 atom stereocenters. The largest absolute Gasteiger partial charge is 0.336 e. The first kappa shape index (κ1) is 16.9. The van der Waals surface area contributed by atoms with Crippen molar-refractivity contribution in [1.29, 1.82) is 0 Å². The van der Waals surface area contributed by atoms with Gasteiger partial charge in [-0.05, 0) is 38.5 Å². The van der Waals surface area contributed by atoms with E-state index in [9.17, 15) is 17.6 Å². The molecule has 1 unspecified atom stereocenters. The number of halogens is 2. The molecule has 0 aliphatic heterocycles. The van der Waals surface area contributed by atoms with Gasteiger partial charge in [-0.15, -0.1) is 0 Å². The molecule has 1 aromatic rings. The highest BCUT2D eigenvalue weighted by molar-refractivity contribution is 8.13. The quantitative estimate of drug-likeness (QED) is 0.783. The molecule has 0 saturated carbocycles. The Morgan fingerprint density at radius 2 is 2.00 bits per heavy atom. The highest BCUT2D eigenvalue weighted by Gasteiger charge is 2.23. The Morgan fingerprint density at radius 1 is 1.40 bits per heavy atom. The van der Waals surface area contributed by atoms with Gasteiger partial charge < -0.3 is 4.90 Å². The minimum atomic E-state index is -4.22. The van der Waals surface area contributed by atoms with Crippen molar-refractivity contribution in [2.45, 2.75) is 38.1 Å². The van der Waals surface area contributed by atoms with E-state index in [1.54, 1.807) is 4.90 Å². The summed E-state index contributed by atoms with van der Waals surface area (Å²) in [5, 5.41) is 0. The third kappa shape index (κ3) is 3.70. The van der Waals surface area contributed by atoms with E-state index in [0.29, 0.717) is 6.54 Å². The summed E-state index contributed by atoms with van der Waals surface area (Å²) in [6.45, 7) is 6.14. The molecular formula is C13H17ClFNO3S. The average molecular weight is 322 g/mol. The van der Waals surface area contributed by atoms with Gasteiger partial charge >= 0.3 is 0 Å². The van der Waals surface area contributed by atoms with E-state index >= 15 is 0 Å². The summed E-state index contributed by atoms with van der Waals surface area (Å²) < 4.78 is 36.0. The molecule has 1 rings (SSSR count). The van der Waals surface area contributed by atoms with Crippen LogP contribution in [-0.4, -0.2) is 31.8 Å². The molecule has 20 heavy (non-hydrogen) atoms. The number of rotatable bonds is 5. The lowest BCUT2D eigenvalue weighted by Gasteiger charge is -2.27. The third-order valence-corrected chi connectivity index (χ3v) is 4.50. The second-order valence-corrected chi connectivity index (χ2v) is 6.97. The van der Waals surface area contributed by atoms with Crippen molar-refractivity contribution in [3.05, 3.63) is 29.6 Å². The molecule has 1 aromatic carbocycles. The minimum absolute atomic E-state index is 0.00797. The maximum Gasteiger partial charge on any atom is 0.264 e. The number of hydrogen-bond acceptors (Lipinski definition) is 3. The highest BCUT2D eigenvalue weighted by atomic mass is 35.7. The molecule has 0 aliphatic carbocycles. The third-order valence-electron chi connectivity index (χ3n) is 3.17. The predicted octanol–water partition coefficient (Wildman–Crippen LogP) is 3.01. The van der Waals surface area contributed by atoms with Crippen molar-refractivity contribution in [3.8, 4) is 0 Å². The Morgan fingerprint density at radius 3 is 2.45 bits per heavy atom. The van der Waals surface area contributed by atoms with E-state index in [-0.39, 0.29) is 17.5 Å². The van der Waals surface area contributed by atoms with Crippen LogP contribution < -0.4 is 0 Å². The average Bonchev–Trinajstić information content (AvgIpc) is 2.38. The van der Waals surface area contributed by atoms with Gasteiger partial charge in [-0.2, -0.15) is 0 Å². The number of amides is 1. The van der Waals surface area contributed by atoms with Crippen LogP contribution in [-0.2, 0) is 9.05 Å². The van der Waals surface area contributed by atoms with Crippen molar-refractivity contribution < 1.29 is 17.6 Å². The van der Waals surface area contributed by atoms with E-state index in [4.69, 9.17) is 10.7 Å². The molecule has 0 N–H and O–H groups in total. The standard InChI is InChI=1S/C13H17ClFNO3S/c1-4-9(3)16(5-2)13(17)10-6-7-11(15)12(8-10)20(14,18)19/h6-9H,4-5H2,1-3H3. The van der Waals surface area contributed by atoms with E-state index in [1.165, 1.54) is 6.07 Å². The van der Waals surface area contributed by atoms with Crippen molar-refractivity contribution in [2.75, 3.05) is 6.54 Å². The van der Waals surface area contributed by atoms with Gasteiger partial charge in [0.25, 0.3) is 15.0 Å². The zero-order valence-corrected chi connectivity index (χ0v) is 13.1. The van der Waals surface area contributed by atoms with Gasteiger partial charge in [-0.1, -0.05) is 6.92 Å². The zero-order chi connectivity index (χ0) is 15.5. The number of nitrogens with zero attached hydrogens (tertiary/aromatic N) is 1. The second-order valence-electron chi connectivity index (χ2n) is 4.43. The SMILES string of the molecule is CCC(C)N(CC)C(=O)c1ccc(F)c(S(=O)(=O)Cl)c1. The zero-order valence-electron chi connectivity index (χ0n) is 11.6. The topological polar surface area (TPSA) is 54.5 Å². The van der Waals surface area contributed by atoms with Gasteiger partial charge in [0.1, 0.15) is 10.7 Å². The molecule has 0 fully saturated rings. The summed E-state index contributed by atoms with van der Waals surface area (Å²) in [7, 11) is 0.930. The lowest BCUT2D eigenvalue weighted by atomic mass is 10.1. The highest BCUT2D eigenvalue weighted by Crippen LogP contribution is 2.21. The van der Waals surface area contributed by atoms with E-state index in [2.05, 4.69) is 0 Å². The van der Waals surface area contributed by atoms with E-state index in [1.807, 2.05) is 20.8 Å². The van der Waals surface area contributed by atoms with Crippen LogP contribution in [0, 0.1) is 5.82 Å². The summed E-state index contributed by atoms with van der Waals surface area (Å²) in [4.78, 5) is 13.3. The normalized spacial score (nSPS) is 13.1. The molecule has 4 nitrogen and oxygen atoms in total. The Balaban J connectivity index is 3.24. The predicted molar refractivity (Wildman–Crippen MR) is 75.9 cm³/mol. The summed E-state index contributed by atoms with van der Waals surface area (Å²) in [5.74, 6) is -1.31. The molecule has 0 aromatic heterocycles. The Hall–Kier alpha value is -1.14. The fourth-order valence-electron chi connectivity index (χ4n) is 1.86. The van der Waals surface area contributed by atoms with Crippen LogP contribution in [0.3, 0.4) is 0 Å². The molecule has 1 amide bonds. The maximum absolute atomic E-state index is 13.4. The number of carbonyl (C=O) groups excluding carboxylic acids is 1. The molecule has 0 saturated heterocycles. The van der Waals surface area contributed by atoms with Gasteiger partial charge in [0.15, 0.2) is 0 Å². The number of carbonyl (C=O) groups is 1. The molecule has 112 valence electrons. The lowest BCUT2D eigenvalue weighted by Crippen LogP contribution is -2.38. The Kier molecular flexibility index (Phi) is 5.53. The fourth-order valence-corrected chi connectivity index (χ4v) is 2.79. The van der Waals surface area contributed by atoms with Crippen LogP contribution in [0.1, 0.15) is 37.6 Å². The first-order chi connectivity index (χ1) is 9.22. The van der Waals surface area contributed by atoms with Crippen LogP contribution in [0.5, 0.6) is 0 Å². The molecule has 0 radical (unpaired) electrons. The molecule has 7 heteroatoms. The van der Waals surface area contributed by atoms with Gasteiger partial charge in [0, 0.05) is 28.8 Å². The number of benzene rings is 1. The molecule has 0 bridgehead atoms. The van der Waals surface area contributed by atoms with Gasteiger partial charge in [-0.25, -0.2) is 12.8 Å². The van der Waals surface area contributed by atoms with Crippen LogP contribution >= 0.6 is 10.7 Å². The van der Waals surface area contributed by atoms with Crippen LogP contribution in [0.2, 0.25) is 0 Å². The molecule has 0 spiro atoms. The lowest BCUT2D eigenvalue weighted by molar-refractivity contribution is 0.0699. The number of hydrogen-bond donors (Lipinski definition) is 0. The van der Waals surface area contributed by atoms with Crippen molar-refractivity contribution in [1.82, 2.24) is 4.90 Å². The second kappa shape index (κ2) is 6.54. The van der Waals surface area contributed by atoms with Crippen molar-refractivity contribution >= 4 is 25.6 Å². The smallest absolute Gasteiger partial charge is 0.264 e. The fraction of sp³-hybridized carbons (Fsp3) is 0.462. The van der Waals surface area contributed by atoms with E-state index in [0.717, 1.165) is 18.6 Å². The molecular weight excluding hydrogens is 305 g/mol. The Labute approximate surface area is 123 Å². The van der Waals surface area contributed by atoms with Gasteiger partial charge in [-0.3, -0.25) is 4.79 Å².